The standard InChI is InChI=1S/C31H30FN5O3/c32-25-8-6-23(7-9-25)19-35-16-14-31(39,15-17-35)21-36-22-33-29-28(30(36)38)18-34-37(29)26-10-12-27(13-11-26)40-20-24-4-2-1-3-5-24/h1-13,18,22,39H,14-17,19-21H2. The second kappa shape index (κ2) is 11.0. The summed E-state index contributed by atoms with van der Waals surface area (Å²) in [6.45, 7) is 2.70. The maximum atomic E-state index is 13.3. The fraction of sp³-hybridized carbons (Fsp3) is 0.258. The predicted molar refractivity (Wildman–Crippen MR) is 150 cm³/mol. The molecule has 0 radical (unpaired) electrons. The highest BCUT2D eigenvalue weighted by molar-refractivity contribution is 5.75. The smallest absolute Gasteiger partial charge is 0.264 e. The quantitative estimate of drug-likeness (QED) is 0.316. The van der Waals surface area contributed by atoms with Gasteiger partial charge in [-0.1, -0.05) is 42.5 Å². The predicted octanol–water partition coefficient (Wildman–Crippen LogP) is 4.33. The maximum absolute atomic E-state index is 13.3. The van der Waals surface area contributed by atoms with Crippen LogP contribution in [0.15, 0.2) is 96.2 Å². The summed E-state index contributed by atoms with van der Waals surface area (Å²) in [7, 11) is 0. The Kier molecular flexibility index (Phi) is 7.15. The molecule has 1 aliphatic heterocycles. The summed E-state index contributed by atoms with van der Waals surface area (Å²) < 4.78 is 22.2. The molecule has 40 heavy (non-hydrogen) atoms. The second-order valence-electron chi connectivity index (χ2n) is 10.4. The Morgan fingerprint density at radius 2 is 1.65 bits per heavy atom. The lowest BCUT2D eigenvalue weighted by Crippen LogP contribution is -2.47. The lowest BCUT2D eigenvalue weighted by atomic mass is 9.91. The molecule has 1 fully saturated rings. The largest absolute Gasteiger partial charge is 0.489 e. The second-order valence-corrected chi connectivity index (χ2v) is 10.4. The molecular formula is C31H30FN5O3. The third-order valence-corrected chi connectivity index (χ3v) is 7.45. The van der Waals surface area contributed by atoms with Crippen LogP contribution in [0.1, 0.15) is 24.0 Å². The molecule has 9 heteroatoms. The van der Waals surface area contributed by atoms with E-state index in [9.17, 15) is 14.3 Å². The van der Waals surface area contributed by atoms with Crippen LogP contribution in [0, 0.1) is 5.82 Å². The summed E-state index contributed by atoms with van der Waals surface area (Å²) in [5.74, 6) is 0.483. The molecule has 2 aromatic heterocycles. The fourth-order valence-corrected chi connectivity index (χ4v) is 5.13. The Labute approximate surface area is 230 Å². The molecule has 1 saturated heterocycles. The number of fused-ring (bicyclic) bond motifs is 1. The third kappa shape index (κ3) is 5.66. The number of likely N-dealkylation sites (tertiary alicyclic amines) is 1. The Balaban J connectivity index is 1.11. The number of ether oxygens (including phenoxy) is 1. The number of hydrogen-bond acceptors (Lipinski definition) is 6. The van der Waals surface area contributed by atoms with Crippen molar-refractivity contribution in [1.82, 2.24) is 24.2 Å². The SMILES string of the molecule is O=c1c2cnn(-c3ccc(OCc4ccccc4)cc3)c2ncn1CC1(O)CCN(Cc2ccc(F)cc2)CC1. The van der Waals surface area contributed by atoms with E-state index in [0.29, 0.717) is 50.1 Å². The van der Waals surface area contributed by atoms with Crippen molar-refractivity contribution in [3.63, 3.8) is 0 Å². The summed E-state index contributed by atoms with van der Waals surface area (Å²) in [5.41, 5.74) is 2.10. The van der Waals surface area contributed by atoms with Gasteiger partial charge in [0.15, 0.2) is 5.65 Å². The van der Waals surface area contributed by atoms with Gasteiger partial charge in [0, 0.05) is 19.6 Å². The molecule has 0 amide bonds. The number of piperidine rings is 1. The average Bonchev–Trinajstić information content (AvgIpc) is 3.42. The summed E-state index contributed by atoms with van der Waals surface area (Å²) in [4.78, 5) is 20.1. The molecule has 0 atom stereocenters. The number of benzene rings is 3. The van der Waals surface area contributed by atoms with Crippen LogP contribution >= 0.6 is 0 Å². The van der Waals surface area contributed by atoms with E-state index < -0.39 is 5.60 Å². The number of aliphatic hydroxyl groups is 1. The molecule has 3 heterocycles. The first-order valence-electron chi connectivity index (χ1n) is 13.4. The Bertz CT molecular complexity index is 1640. The van der Waals surface area contributed by atoms with Crippen LogP contribution in [0.3, 0.4) is 0 Å². The van der Waals surface area contributed by atoms with E-state index in [1.165, 1.54) is 29.2 Å². The summed E-state index contributed by atoms with van der Waals surface area (Å²) in [5, 5.41) is 16.1. The van der Waals surface area contributed by atoms with E-state index in [4.69, 9.17) is 4.74 Å². The Morgan fingerprint density at radius 3 is 2.38 bits per heavy atom. The maximum Gasteiger partial charge on any atom is 0.264 e. The molecule has 1 N–H and O–H groups in total. The van der Waals surface area contributed by atoms with Crippen molar-refractivity contribution in [3.05, 3.63) is 119 Å². The molecule has 0 saturated carbocycles. The average molecular weight is 540 g/mol. The van der Waals surface area contributed by atoms with Gasteiger partial charge in [-0.2, -0.15) is 5.10 Å². The third-order valence-electron chi connectivity index (χ3n) is 7.45. The number of nitrogens with zero attached hydrogens (tertiary/aromatic N) is 5. The van der Waals surface area contributed by atoms with E-state index in [1.54, 1.807) is 16.8 Å². The molecule has 204 valence electrons. The minimum atomic E-state index is -1.01. The molecule has 0 spiro atoms. The molecule has 0 aliphatic carbocycles. The topological polar surface area (TPSA) is 85.4 Å². The minimum Gasteiger partial charge on any atom is -0.489 e. The molecular weight excluding hydrogens is 509 g/mol. The zero-order valence-electron chi connectivity index (χ0n) is 22.0. The zero-order valence-corrected chi connectivity index (χ0v) is 22.0. The summed E-state index contributed by atoms with van der Waals surface area (Å²) >= 11 is 0. The van der Waals surface area contributed by atoms with Crippen molar-refractivity contribution in [1.29, 1.82) is 0 Å². The van der Waals surface area contributed by atoms with Crippen LogP contribution in [-0.4, -0.2) is 48.0 Å². The Morgan fingerprint density at radius 1 is 0.925 bits per heavy atom. The van der Waals surface area contributed by atoms with Gasteiger partial charge in [-0.25, -0.2) is 14.1 Å². The number of aromatic nitrogens is 4. The fourth-order valence-electron chi connectivity index (χ4n) is 5.13. The molecule has 1 aliphatic rings. The van der Waals surface area contributed by atoms with Gasteiger partial charge < -0.3 is 9.84 Å². The van der Waals surface area contributed by atoms with Crippen molar-refractivity contribution >= 4 is 11.0 Å². The van der Waals surface area contributed by atoms with E-state index in [0.717, 1.165) is 22.6 Å². The van der Waals surface area contributed by atoms with Gasteiger partial charge in [0.2, 0.25) is 0 Å². The molecule has 0 bridgehead atoms. The lowest BCUT2D eigenvalue weighted by Gasteiger charge is -2.38. The van der Waals surface area contributed by atoms with Crippen LogP contribution < -0.4 is 10.3 Å². The van der Waals surface area contributed by atoms with E-state index in [1.807, 2.05) is 54.6 Å². The van der Waals surface area contributed by atoms with Crippen LogP contribution in [0.4, 0.5) is 4.39 Å². The van der Waals surface area contributed by atoms with E-state index in [-0.39, 0.29) is 17.9 Å². The first-order chi connectivity index (χ1) is 19.5. The van der Waals surface area contributed by atoms with Crippen molar-refractivity contribution in [2.24, 2.45) is 0 Å². The van der Waals surface area contributed by atoms with Gasteiger partial charge in [0.25, 0.3) is 5.56 Å². The zero-order chi connectivity index (χ0) is 27.5. The van der Waals surface area contributed by atoms with E-state index >= 15 is 0 Å². The summed E-state index contributed by atoms with van der Waals surface area (Å²) in [6.07, 6.45) is 4.06. The van der Waals surface area contributed by atoms with Crippen LogP contribution in [-0.2, 0) is 19.7 Å². The minimum absolute atomic E-state index is 0.164. The molecule has 6 rings (SSSR count). The van der Waals surface area contributed by atoms with Crippen molar-refractivity contribution < 1.29 is 14.2 Å². The normalized spacial score (nSPS) is 15.3. The Hall–Kier alpha value is -4.34. The van der Waals surface area contributed by atoms with Crippen LogP contribution in [0.25, 0.3) is 16.7 Å². The first kappa shape index (κ1) is 25.9. The van der Waals surface area contributed by atoms with Gasteiger partial charge in [0.1, 0.15) is 29.9 Å². The number of halogens is 1. The monoisotopic (exact) mass is 539 g/mol. The number of hydrogen-bond donors (Lipinski definition) is 1. The molecule has 8 nitrogen and oxygen atoms in total. The van der Waals surface area contributed by atoms with E-state index in [2.05, 4.69) is 15.0 Å². The van der Waals surface area contributed by atoms with Gasteiger partial charge in [-0.15, -0.1) is 0 Å². The molecule has 0 unspecified atom stereocenters. The van der Waals surface area contributed by atoms with Crippen molar-refractivity contribution in [2.45, 2.75) is 38.1 Å². The van der Waals surface area contributed by atoms with Crippen LogP contribution in [0.5, 0.6) is 5.75 Å². The highest BCUT2D eigenvalue weighted by Crippen LogP contribution is 2.25. The highest BCUT2D eigenvalue weighted by Gasteiger charge is 2.33. The summed E-state index contributed by atoms with van der Waals surface area (Å²) in [6, 6.07) is 23.9. The first-order valence-corrected chi connectivity index (χ1v) is 13.4. The van der Waals surface area contributed by atoms with Gasteiger partial charge in [-0.3, -0.25) is 14.3 Å². The van der Waals surface area contributed by atoms with Crippen molar-refractivity contribution in [2.75, 3.05) is 13.1 Å². The van der Waals surface area contributed by atoms with Crippen molar-refractivity contribution in [3.8, 4) is 11.4 Å². The van der Waals surface area contributed by atoms with Gasteiger partial charge in [0.05, 0.1) is 24.0 Å². The lowest BCUT2D eigenvalue weighted by molar-refractivity contribution is -0.0364. The van der Waals surface area contributed by atoms with Gasteiger partial charge in [-0.05, 0) is 60.4 Å². The number of rotatable bonds is 8. The highest BCUT2D eigenvalue weighted by atomic mass is 19.1. The van der Waals surface area contributed by atoms with Crippen LogP contribution in [0.2, 0.25) is 0 Å². The molecule has 3 aromatic carbocycles. The van der Waals surface area contributed by atoms with Gasteiger partial charge >= 0.3 is 0 Å². The molecule has 5 aromatic rings.